The molecule has 0 saturated heterocycles. The average molecular weight is 268 g/mol. The van der Waals surface area contributed by atoms with Crippen LogP contribution in [0.1, 0.15) is 12.5 Å². The summed E-state index contributed by atoms with van der Waals surface area (Å²) in [7, 11) is -3.35. The van der Waals surface area contributed by atoms with E-state index in [0.29, 0.717) is 22.2 Å². The number of hydrogen-bond acceptors (Lipinski definition) is 2. The molecule has 15 heavy (non-hydrogen) atoms. The number of halogens is 2. The van der Waals surface area contributed by atoms with Crippen LogP contribution in [-0.2, 0) is 15.8 Å². The quantitative estimate of drug-likeness (QED) is 0.911. The van der Waals surface area contributed by atoms with Gasteiger partial charge in [0.2, 0.25) is 10.0 Å². The van der Waals surface area contributed by atoms with Crippen molar-refractivity contribution in [2.75, 3.05) is 6.54 Å². The highest BCUT2D eigenvalue weighted by Gasteiger charge is 2.15. The number of nitrogens with one attached hydrogen (secondary N) is 1. The summed E-state index contributed by atoms with van der Waals surface area (Å²) in [5.74, 6) is -0.195. The molecular weight excluding hydrogens is 257 g/mol. The third kappa shape index (κ3) is 3.65. The zero-order valence-electron chi connectivity index (χ0n) is 8.13. The zero-order valence-corrected chi connectivity index (χ0v) is 10.5. The van der Waals surface area contributed by atoms with Crippen LogP contribution < -0.4 is 4.72 Å². The topological polar surface area (TPSA) is 46.2 Å². The normalized spacial score (nSPS) is 11.7. The average Bonchev–Trinajstić information content (AvgIpc) is 2.11. The van der Waals surface area contributed by atoms with E-state index < -0.39 is 10.0 Å². The zero-order chi connectivity index (χ0) is 11.5. The van der Waals surface area contributed by atoms with Crippen LogP contribution in [0, 0.1) is 0 Å². The maximum atomic E-state index is 11.5. The van der Waals surface area contributed by atoms with Crippen molar-refractivity contribution in [3.05, 3.63) is 33.8 Å². The fourth-order valence-corrected chi connectivity index (χ4v) is 3.05. The molecule has 0 aliphatic heterocycles. The molecule has 0 spiro atoms. The van der Waals surface area contributed by atoms with Gasteiger partial charge in [-0.15, -0.1) is 0 Å². The van der Waals surface area contributed by atoms with Gasteiger partial charge in [-0.3, -0.25) is 0 Å². The second-order valence-corrected chi connectivity index (χ2v) is 5.58. The van der Waals surface area contributed by atoms with E-state index in [2.05, 4.69) is 4.72 Å². The molecule has 0 aliphatic carbocycles. The Labute approximate surface area is 99.4 Å². The van der Waals surface area contributed by atoms with E-state index >= 15 is 0 Å². The van der Waals surface area contributed by atoms with Gasteiger partial charge in [-0.2, -0.15) is 0 Å². The minimum Gasteiger partial charge on any atom is -0.215 e. The number of benzene rings is 1. The van der Waals surface area contributed by atoms with Crippen molar-refractivity contribution >= 4 is 33.2 Å². The Balaban J connectivity index is 2.99. The Morgan fingerprint density at radius 3 is 2.27 bits per heavy atom. The van der Waals surface area contributed by atoms with Gasteiger partial charge < -0.3 is 0 Å². The van der Waals surface area contributed by atoms with Gasteiger partial charge >= 0.3 is 0 Å². The Hall–Kier alpha value is -0.290. The molecule has 1 N–H and O–H groups in total. The molecule has 0 aliphatic rings. The molecule has 0 atom stereocenters. The maximum absolute atomic E-state index is 11.5. The molecule has 0 heterocycles. The van der Waals surface area contributed by atoms with Crippen molar-refractivity contribution in [2.24, 2.45) is 0 Å². The minimum atomic E-state index is -3.35. The van der Waals surface area contributed by atoms with Gasteiger partial charge in [0, 0.05) is 22.2 Å². The van der Waals surface area contributed by atoms with Crippen LogP contribution in [0.15, 0.2) is 18.2 Å². The standard InChI is InChI=1S/C9H11Cl2NO2S/c1-2-12-15(13,14)6-7-8(10)4-3-5-9(7)11/h3-5,12H,2,6H2,1H3. The summed E-state index contributed by atoms with van der Waals surface area (Å²) in [6, 6.07) is 4.91. The first kappa shape index (κ1) is 12.8. The molecule has 0 unspecified atom stereocenters. The lowest BCUT2D eigenvalue weighted by molar-refractivity contribution is 0.583. The molecule has 0 radical (unpaired) electrons. The molecule has 0 saturated carbocycles. The fraction of sp³-hybridized carbons (Fsp3) is 0.333. The van der Waals surface area contributed by atoms with E-state index in [-0.39, 0.29) is 5.75 Å². The summed E-state index contributed by atoms with van der Waals surface area (Å²) in [4.78, 5) is 0. The maximum Gasteiger partial charge on any atom is 0.215 e. The second-order valence-electron chi connectivity index (χ2n) is 2.96. The van der Waals surface area contributed by atoms with Crippen LogP contribution in [0.25, 0.3) is 0 Å². The fourth-order valence-electron chi connectivity index (χ4n) is 1.13. The van der Waals surface area contributed by atoms with Gasteiger partial charge in [-0.05, 0) is 12.1 Å². The van der Waals surface area contributed by atoms with Crippen molar-refractivity contribution in [3.63, 3.8) is 0 Å². The predicted octanol–water partition coefficient (Wildman–Crippen LogP) is 2.43. The van der Waals surface area contributed by atoms with E-state index in [1.165, 1.54) is 0 Å². The first-order chi connectivity index (χ1) is 6.96. The molecular formula is C9H11Cl2NO2S. The van der Waals surface area contributed by atoms with Gasteiger partial charge in [0.15, 0.2) is 0 Å². The highest BCUT2D eigenvalue weighted by atomic mass is 35.5. The lowest BCUT2D eigenvalue weighted by Crippen LogP contribution is -2.24. The molecule has 0 aromatic heterocycles. The Bertz CT molecular complexity index is 425. The Morgan fingerprint density at radius 1 is 1.27 bits per heavy atom. The van der Waals surface area contributed by atoms with E-state index in [9.17, 15) is 8.42 Å². The van der Waals surface area contributed by atoms with Crippen LogP contribution in [0.2, 0.25) is 10.0 Å². The molecule has 1 aromatic carbocycles. The van der Waals surface area contributed by atoms with Crippen molar-refractivity contribution in [2.45, 2.75) is 12.7 Å². The predicted molar refractivity (Wildman–Crippen MR) is 62.8 cm³/mol. The smallest absolute Gasteiger partial charge is 0.215 e. The van der Waals surface area contributed by atoms with Crippen LogP contribution in [0.5, 0.6) is 0 Å². The summed E-state index contributed by atoms with van der Waals surface area (Å²) in [5, 5.41) is 0.730. The van der Waals surface area contributed by atoms with Gasteiger partial charge in [-0.25, -0.2) is 13.1 Å². The molecule has 0 amide bonds. The van der Waals surface area contributed by atoms with E-state index in [0.717, 1.165) is 0 Å². The van der Waals surface area contributed by atoms with Gasteiger partial charge in [0.25, 0.3) is 0 Å². The third-order valence-electron chi connectivity index (χ3n) is 1.76. The van der Waals surface area contributed by atoms with Crippen molar-refractivity contribution in [3.8, 4) is 0 Å². The molecule has 3 nitrogen and oxygen atoms in total. The summed E-state index contributed by atoms with van der Waals surface area (Å²) in [5.41, 5.74) is 0.432. The SMILES string of the molecule is CCNS(=O)(=O)Cc1c(Cl)cccc1Cl. The van der Waals surface area contributed by atoms with Crippen LogP contribution >= 0.6 is 23.2 Å². The highest BCUT2D eigenvalue weighted by molar-refractivity contribution is 7.88. The molecule has 84 valence electrons. The van der Waals surface area contributed by atoms with E-state index in [1.54, 1.807) is 25.1 Å². The summed E-state index contributed by atoms with van der Waals surface area (Å²) >= 11 is 11.7. The van der Waals surface area contributed by atoms with Gasteiger partial charge in [0.05, 0.1) is 5.75 Å². The van der Waals surface area contributed by atoms with Crippen molar-refractivity contribution < 1.29 is 8.42 Å². The monoisotopic (exact) mass is 267 g/mol. The minimum absolute atomic E-state index is 0.195. The van der Waals surface area contributed by atoms with Gasteiger partial charge in [-0.1, -0.05) is 36.2 Å². The molecule has 1 aromatic rings. The Kier molecular flexibility index (Phi) is 4.40. The largest absolute Gasteiger partial charge is 0.215 e. The summed E-state index contributed by atoms with van der Waals surface area (Å²) in [6.45, 7) is 2.07. The van der Waals surface area contributed by atoms with Gasteiger partial charge in [0.1, 0.15) is 0 Å². The number of rotatable bonds is 4. The number of sulfonamides is 1. The highest BCUT2D eigenvalue weighted by Crippen LogP contribution is 2.25. The first-order valence-corrected chi connectivity index (χ1v) is 6.77. The van der Waals surface area contributed by atoms with E-state index in [4.69, 9.17) is 23.2 Å². The first-order valence-electron chi connectivity index (χ1n) is 4.36. The van der Waals surface area contributed by atoms with Crippen LogP contribution in [0.4, 0.5) is 0 Å². The molecule has 1 rings (SSSR count). The summed E-state index contributed by atoms with van der Waals surface area (Å²) < 4.78 is 25.3. The van der Waals surface area contributed by atoms with Crippen molar-refractivity contribution in [1.29, 1.82) is 0 Å². The lowest BCUT2D eigenvalue weighted by atomic mass is 10.2. The number of hydrogen-bond donors (Lipinski definition) is 1. The summed E-state index contributed by atoms with van der Waals surface area (Å²) in [6.07, 6.45) is 0. The van der Waals surface area contributed by atoms with Crippen LogP contribution in [-0.4, -0.2) is 15.0 Å². The lowest BCUT2D eigenvalue weighted by Gasteiger charge is -2.07. The molecule has 6 heteroatoms. The second kappa shape index (κ2) is 5.16. The Morgan fingerprint density at radius 2 is 1.80 bits per heavy atom. The van der Waals surface area contributed by atoms with E-state index in [1.807, 2.05) is 0 Å². The van der Waals surface area contributed by atoms with Crippen LogP contribution in [0.3, 0.4) is 0 Å². The third-order valence-corrected chi connectivity index (χ3v) is 3.87. The molecule has 0 fully saturated rings. The van der Waals surface area contributed by atoms with Crippen molar-refractivity contribution in [1.82, 2.24) is 4.72 Å². The molecule has 0 bridgehead atoms.